The topological polar surface area (TPSA) is 64.1 Å². The largest absolute Gasteiger partial charge is 0.396 e. The second-order valence-electron chi connectivity index (χ2n) is 4.55. The summed E-state index contributed by atoms with van der Waals surface area (Å²) in [6.07, 6.45) is 1.62. The molecule has 1 aromatic heterocycles. The molecule has 0 bridgehead atoms. The van der Waals surface area contributed by atoms with Gasteiger partial charge in [0.1, 0.15) is 0 Å². The minimum atomic E-state index is -0.234. The number of aromatic nitrogens is 2. The maximum atomic E-state index is 9.57. The number of nitrogens with two attached hydrogens (primary N) is 1. The molecule has 5 heteroatoms. The monoisotopic (exact) mass is 303 g/mol. The molecule has 0 spiro atoms. The van der Waals surface area contributed by atoms with Crippen LogP contribution in [0.25, 0.3) is 0 Å². The number of aliphatic hydroxyl groups is 1. The predicted octanol–water partition coefficient (Wildman–Crippen LogP) is 1.86. The van der Waals surface area contributed by atoms with Crippen LogP contribution in [0.5, 0.6) is 0 Å². The molecule has 0 saturated heterocycles. The van der Waals surface area contributed by atoms with Crippen molar-refractivity contribution in [1.82, 2.24) is 9.78 Å². The van der Waals surface area contributed by atoms with Gasteiger partial charge < -0.3 is 10.8 Å². The van der Waals surface area contributed by atoms with Crippen LogP contribution in [0.3, 0.4) is 0 Å². The van der Waals surface area contributed by atoms with Crippen molar-refractivity contribution in [3.8, 4) is 0 Å². The molecule has 1 unspecified atom stereocenters. The minimum Gasteiger partial charge on any atom is -0.396 e. The molecule has 3 N–H and O–H groups in total. The first-order valence-corrected chi connectivity index (χ1v) is 6.85. The average Bonchev–Trinajstić information content (AvgIpc) is 2.63. The van der Waals surface area contributed by atoms with Gasteiger partial charge in [-0.15, -0.1) is 0 Å². The van der Waals surface area contributed by atoms with E-state index in [2.05, 4.69) is 34.9 Å². The van der Waals surface area contributed by atoms with Gasteiger partial charge in [-0.1, -0.05) is 6.92 Å². The van der Waals surface area contributed by atoms with Crippen molar-refractivity contribution in [2.75, 3.05) is 13.2 Å². The molecule has 1 atom stereocenters. The molecule has 0 radical (unpaired) electrons. The number of halogens is 1. The summed E-state index contributed by atoms with van der Waals surface area (Å²) in [5.41, 5.74) is 7.70. The number of hydrogen-bond acceptors (Lipinski definition) is 3. The Labute approximate surface area is 111 Å². The normalized spacial score (nSPS) is 14.9. The number of rotatable bonds is 6. The van der Waals surface area contributed by atoms with Gasteiger partial charge in [0, 0.05) is 18.5 Å². The fourth-order valence-electron chi connectivity index (χ4n) is 1.97. The molecule has 0 aliphatic carbocycles. The molecular weight excluding hydrogens is 282 g/mol. The SMILES string of the molecule is CCn1nc(C)c(Br)c1CC(CC)(CN)CO. The first kappa shape index (κ1) is 14.7. The molecule has 17 heavy (non-hydrogen) atoms. The molecule has 0 fully saturated rings. The smallest absolute Gasteiger partial charge is 0.0738 e. The van der Waals surface area contributed by atoms with E-state index >= 15 is 0 Å². The predicted molar refractivity (Wildman–Crippen MR) is 72.9 cm³/mol. The van der Waals surface area contributed by atoms with E-state index in [0.29, 0.717) is 6.54 Å². The third-order valence-electron chi connectivity index (χ3n) is 3.51. The lowest BCUT2D eigenvalue weighted by molar-refractivity contribution is 0.124. The highest BCUT2D eigenvalue weighted by atomic mass is 79.9. The van der Waals surface area contributed by atoms with Crippen molar-refractivity contribution in [2.24, 2.45) is 11.1 Å². The molecule has 0 aromatic carbocycles. The molecule has 0 saturated carbocycles. The summed E-state index contributed by atoms with van der Waals surface area (Å²) in [4.78, 5) is 0. The average molecular weight is 304 g/mol. The number of aryl methyl sites for hydroxylation is 2. The Morgan fingerprint density at radius 1 is 1.47 bits per heavy atom. The van der Waals surface area contributed by atoms with E-state index < -0.39 is 0 Å². The Balaban J connectivity index is 3.08. The quantitative estimate of drug-likeness (QED) is 0.843. The van der Waals surface area contributed by atoms with Gasteiger partial charge in [-0.05, 0) is 42.6 Å². The lowest BCUT2D eigenvalue weighted by Crippen LogP contribution is -2.36. The lowest BCUT2D eigenvalue weighted by Gasteiger charge is -2.29. The van der Waals surface area contributed by atoms with Crippen LogP contribution in [-0.2, 0) is 13.0 Å². The van der Waals surface area contributed by atoms with Gasteiger partial charge >= 0.3 is 0 Å². The van der Waals surface area contributed by atoms with Crippen LogP contribution in [0.2, 0.25) is 0 Å². The fourth-order valence-corrected chi connectivity index (χ4v) is 2.39. The van der Waals surface area contributed by atoms with Crippen LogP contribution < -0.4 is 5.73 Å². The van der Waals surface area contributed by atoms with E-state index in [4.69, 9.17) is 5.73 Å². The second kappa shape index (κ2) is 5.98. The van der Waals surface area contributed by atoms with Crippen LogP contribution >= 0.6 is 15.9 Å². The third-order valence-corrected chi connectivity index (χ3v) is 4.55. The van der Waals surface area contributed by atoms with Gasteiger partial charge in [-0.25, -0.2) is 0 Å². The summed E-state index contributed by atoms with van der Waals surface area (Å²) < 4.78 is 3.02. The zero-order chi connectivity index (χ0) is 13.1. The Bertz CT molecular complexity index is 364. The maximum Gasteiger partial charge on any atom is 0.0738 e. The molecule has 0 amide bonds. The van der Waals surface area contributed by atoms with Gasteiger partial charge in [-0.3, -0.25) is 4.68 Å². The number of nitrogens with zero attached hydrogens (tertiary/aromatic N) is 2. The van der Waals surface area contributed by atoms with Crippen LogP contribution in [-0.4, -0.2) is 28.0 Å². The summed E-state index contributed by atoms with van der Waals surface area (Å²) >= 11 is 3.58. The van der Waals surface area contributed by atoms with Crippen LogP contribution in [0.1, 0.15) is 31.7 Å². The van der Waals surface area contributed by atoms with Crippen molar-refractivity contribution in [2.45, 2.75) is 40.2 Å². The van der Waals surface area contributed by atoms with E-state index in [1.54, 1.807) is 0 Å². The van der Waals surface area contributed by atoms with E-state index in [-0.39, 0.29) is 12.0 Å². The van der Waals surface area contributed by atoms with Crippen molar-refractivity contribution >= 4 is 15.9 Å². The number of hydrogen-bond donors (Lipinski definition) is 2. The van der Waals surface area contributed by atoms with E-state index in [0.717, 1.165) is 35.2 Å². The van der Waals surface area contributed by atoms with Crippen molar-refractivity contribution in [3.63, 3.8) is 0 Å². The first-order valence-electron chi connectivity index (χ1n) is 6.06. The van der Waals surface area contributed by atoms with Gasteiger partial charge in [0.15, 0.2) is 0 Å². The Morgan fingerprint density at radius 2 is 2.12 bits per heavy atom. The maximum absolute atomic E-state index is 9.57. The van der Waals surface area contributed by atoms with Crippen molar-refractivity contribution in [3.05, 3.63) is 15.9 Å². The summed E-state index contributed by atoms with van der Waals surface area (Å²) in [5, 5.41) is 14.0. The molecular formula is C12H22BrN3O. The van der Waals surface area contributed by atoms with E-state index in [1.807, 2.05) is 11.6 Å². The molecule has 1 aromatic rings. The summed E-state index contributed by atoms with van der Waals surface area (Å²) in [6, 6.07) is 0. The van der Waals surface area contributed by atoms with Crippen LogP contribution in [0.4, 0.5) is 0 Å². The Kier molecular flexibility index (Phi) is 5.16. The van der Waals surface area contributed by atoms with Gasteiger partial charge in [0.2, 0.25) is 0 Å². The molecule has 98 valence electrons. The standard InChI is InChI=1S/C12H22BrN3O/c1-4-12(7-14,8-17)6-10-11(13)9(3)15-16(10)5-2/h17H,4-8,14H2,1-3H3. The summed E-state index contributed by atoms with van der Waals surface area (Å²) in [7, 11) is 0. The summed E-state index contributed by atoms with van der Waals surface area (Å²) in [5.74, 6) is 0. The van der Waals surface area contributed by atoms with E-state index in [1.165, 1.54) is 0 Å². The van der Waals surface area contributed by atoms with Crippen molar-refractivity contribution in [1.29, 1.82) is 0 Å². The third kappa shape index (κ3) is 2.89. The Hall–Kier alpha value is -0.390. The highest BCUT2D eigenvalue weighted by Crippen LogP contribution is 2.30. The van der Waals surface area contributed by atoms with Gasteiger partial charge in [0.05, 0.1) is 22.5 Å². The molecule has 1 heterocycles. The molecule has 0 aliphatic heterocycles. The Morgan fingerprint density at radius 3 is 2.53 bits per heavy atom. The van der Waals surface area contributed by atoms with Crippen molar-refractivity contribution < 1.29 is 5.11 Å². The van der Waals surface area contributed by atoms with Gasteiger partial charge in [0.25, 0.3) is 0 Å². The summed E-state index contributed by atoms with van der Waals surface area (Å²) in [6.45, 7) is 7.54. The molecule has 1 rings (SSSR count). The highest BCUT2D eigenvalue weighted by molar-refractivity contribution is 9.10. The molecule has 0 aliphatic rings. The van der Waals surface area contributed by atoms with E-state index in [9.17, 15) is 5.11 Å². The molecule has 4 nitrogen and oxygen atoms in total. The minimum absolute atomic E-state index is 0.111. The number of aliphatic hydroxyl groups excluding tert-OH is 1. The fraction of sp³-hybridized carbons (Fsp3) is 0.750. The highest BCUT2D eigenvalue weighted by Gasteiger charge is 2.29. The second-order valence-corrected chi connectivity index (χ2v) is 5.35. The zero-order valence-electron chi connectivity index (χ0n) is 10.8. The lowest BCUT2D eigenvalue weighted by atomic mass is 9.81. The van der Waals surface area contributed by atoms with Crippen LogP contribution in [0, 0.1) is 12.3 Å². The van der Waals surface area contributed by atoms with Crippen LogP contribution in [0.15, 0.2) is 4.47 Å². The zero-order valence-corrected chi connectivity index (χ0v) is 12.4. The first-order chi connectivity index (χ1) is 8.03. The van der Waals surface area contributed by atoms with Gasteiger partial charge in [-0.2, -0.15) is 5.10 Å².